The van der Waals surface area contributed by atoms with Gasteiger partial charge in [-0.3, -0.25) is 9.78 Å². The van der Waals surface area contributed by atoms with E-state index in [1.165, 1.54) is 29.2 Å². The molecule has 1 fully saturated rings. The molecule has 0 bridgehead atoms. The Bertz CT molecular complexity index is 1330. The Kier molecular flexibility index (Phi) is 6.56. The Morgan fingerprint density at radius 1 is 1.22 bits per heavy atom. The second-order valence-corrected chi connectivity index (χ2v) is 9.04. The summed E-state index contributed by atoms with van der Waals surface area (Å²) in [6.45, 7) is 1.31. The molecule has 36 heavy (non-hydrogen) atoms. The topological polar surface area (TPSA) is 89.3 Å². The number of anilines is 3. The van der Waals surface area contributed by atoms with E-state index < -0.39 is 23.5 Å². The molecule has 190 valence electrons. The lowest BCUT2D eigenvalue weighted by molar-refractivity contribution is -0.137. The molecular formula is C23H23ClF3N7O2. The van der Waals surface area contributed by atoms with Crippen LogP contribution in [0.2, 0.25) is 5.02 Å². The molecule has 0 aromatic carbocycles. The molecule has 5 heterocycles. The van der Waals surface area contributed by atoms with Crippen molar-refractivity contribution in [3.8, 4) is 0 Å². The number of hydrogen-bond donors (Lipinski definition) is 0. The van der Waals surface area contributed by atoms with Crippen molar-refractivity contribution in [2.45, 2.75) is 44.6 Å². The number of rotatable bonds is 4. The molecular weight excluding hydrogens is 499 g/mol. The van der Waals surface area contributed by atoms with Gasteiger partial charge in [0.2, 0.25) is 0 Å². The quantitative estimate of drug-likeness (QED) is 0.506. The van der Waals surface area contributed by atoms with Gasteiger partial charge in [-0.25, -0.2) is 9.97 Å². The Labute approximate surface area is 209 Å². The maximum absolute atomic E-state index is 13.6. The zero-order chi connectivity index (χ0) is 25.4. The minimum atomic E-state index is -4.54. The molecule has 13 heteroatoms. The summed E-state index contributed by atoms with van der Waals surface area (Å²) >= 11 is 6.47. The molecule has 0 N–H and O–H groups in total. The number of alkyl halides is 3. The van der Waals surface area contributed by atoms with Gasteiger partial charge in [0.15, 0.2) is 6.23 Å². The van der Waals surface area contributed by atoms with Gasteiger partial charge in [-0.15, -0.1) is 0 Å². The molecule has 0 spiro atoms. The van der Waals surface area contributed by atoms with Crippen LogP contribution in [0.5, 0.6) is 0 Å². The fourth-order valence-corrected chi connectivity index (χ4v) is 4.87. The normalized spacial score (nSPS) is 18.1. The Balaban J connectivity index is 1.43. The van der Waals surface area contributed by atoms with Gasteiger partial charge in [0.25, 0.3) is 5.56 Å². The van der Waals surface area contributed by atoms with Crippen LogP contribution in [0.1, 0.15) is 42.3 Å². The van der Waals surface area contributed by atoms with Crippen LogP contribution >= 0.6 is 11.6 Å². The first-order valence-electron chi connectivity index (χ1n) is 11.5. The number of aromatic nitrogens is 5. The molecule has 3 aromatic rings. The van der Waals surface area contributed by atoms with Crippen molar-refractivity contribution in [2.24, 2.45) is 0 Å². The van der Waals surface area contributed by atoms with E-state index in [4.69, 9.17) is 16.3 Å². The molecule has 0 aliphatic carbocycles. The van der Waals surface area contributed by atoms with Gasteiger partial charge in [0.05, 0.1) is 41.6 Å². The van der Waals surface area contributed by atoms with Gasteiger partial charge in [-0.05, 0) is 31.7 Å². The summed E-state index contributed by atoms with van der Waals surface area (Å²) < 4.78 is 47.7. The van der Waals surface area contributed by atoms with E-state index >= 15 is 0 Å². The van der Waals surface area contributed by atoms with Crippen molar-refractivity contribution in [3.05, 3.63) is 63.2 Å². The molecule has 3 aromatic heterocycles. The minimum absolute atomic E-state index is 0.0409. The van der Waals surface area contributed by atoms with E-state index in [0.717, 1.165) is 30.7 Å². The summed E-state index contributed by atoms with van der Waals surface area (Å²) in [6, 6.07) is 0.941. The molecule has 1 atom stereocenters. The highest BCUT2D eigenvalue weighted by atomic mass is 35.5. The van der Waals surface area contributed by atoms with Crippen LogP contribution in [0, 0.1) is 0 Å². The number of halogens is 4. The summed E-state index contributed by atoms with van der Waals surface area (Å²) in [5.74, 6) is 0.368. The number of nitrogens with zero attached hydrogens (tertiary/aromatic N) is 7. The van der Waals surface area contributed by atoms with Crippen molar-refractivity contribution in [1.82, 2.24) is 24.7 Å². The lowest BCUT2D eigenvalue weighted by Gasteiger charge is -2.33. The van der Waals surface area contributed by atoms with E-state index in [1.54, 1.807) is 6.20 Å². The minimum Gasteiger partial charge on any atom is -0.363 e. The number of ether oxygens (including phenoxy) is 1. The Morgan fingerprint density at radius 2 is 2.06 bits per heavy atom. The van der Waals surface area contributed by atoms with E-state index in [-0.39, 0.29) is 10.7 Å². The predicted molar refractivity (Wildman–Crippen MR) is 126 cm³/mol. The largest absolute Gasteiger partial charge is 0.418 e. The third kappa shape index (κ3) is 4.50. The standard InChI is InChI=1S/C23H23ClF3N7O2/c1-32(17-10-28-7-5-15(17)23(25,26)27)21-14-6-8-33(12-16(14)29-13-30-21)18-11-31-34(22(35)20(18)24)19-4-2-3-9-36-19/h5,7,10-11,13,19H,2-4,6,8-9,12H2,1H3. The molecule has 5 rings (SSSR count). The highest BCUT2D eigenvalue weighted by molar-refractivity contribution is 6.33. The summed E-state index contributed by atoms with van der Waals surface area (Å²) in [4.78, 5) is 28.7. The highest BCUT2D eigenvalue weighted by Gasteiger charge is 2.35. The summed E-state index contributed by atoms with van der Waals surface area (Å²) in [7, 11) is 1.52. The van der Waals surface area contributed by atoms with E-state index in [2.05, 4.69) is 20.1 Å². The monoisotopic (exact) mass is 521 g/mol. The fourth-order valence-electron chi connectivity index (χ4n) is 4.62. The summed E-state index contributed by atoms with van der Waals surface area (Å²) in [6.07, 6.45) is 3.19. The Morgan fingerprint density at radius 3 is 2.81 bits per heavy atom. The zero-order valence-corrected chi connectivity index (χ0v) is 20.1. The number of hydrogen-bond acceptors (Lipinski definition) is 8. The van der Waals surface area contributed by atoms with Gasteiger partial charge in [0, 0.05) is 32.0 Å². The SMILES string of the molecule is CN(c1cnccc1C(F)(F)F)c1ncnc2c1CCN(c1cnn(C3CCCCO3)c(=O)c1Cl)C2. The van der Waals surface area contributed by atoms with Gasteiger partial charge in [0.1, 0.15) is 17.2 Å². The lowest BCUT2D eigenvalue weighted by atomic mass is 10.0. The maximum atomic E-state index is 13.6. The third-order valence-electron chi connectivity index (χ3n) is 6.46. The predicted octanol–water partition coefficient (Wildman–Crippen LogP) is 4.13. The molecule has 0 saturated carbocycles. The van der Waals surface area contributed by atoms with Crippen molar-refractivity contribution in [2.75, 3.05) is 30.0 Å². The van der Waals surface area contributed by atoms with Gasteiger partial charge >= 0.3 is 6.18 Å². The first-order valence-corrected chi connectivity index (χ1v) is 11.8. The summed E-state index contributed by atoms with van der Waals surface area (Å²) in [5, 5.41) is 4.35. The van der Waals surface area contributed by atoms with Crippen molar-refractivity contribution in [1.29, 1.82) is 0 Å². The van der Waals surface area contributed by atoms with Gasteiger partial charge < -0.3 is 14.5 Å². The highest BCUT2D eigenvalue weighted by Crippen LogP contribution is 2.39. The molecule has 2 aliphatic heterocycles. The zero-order valence-electron chi connectivity index (χ0n) is 19.4. The first-order chi connectivity index (χ1) is 17.3. The fraction of sp³-hybridized carbons (Fsp3) is 0.435. The number of pyridine rings is 1. The van der Waals surface area contributed by atoms with E-state index in [9.17, 15) is 18.0 Å². The van der Waals surface area contributed by atoms with Crippen LogP contribution in [0.15, 0.2) is 35.8 Å². The van der Waals surface area contributed by atoms with Crippen LogP contribution in [0.3, 0.4) is 0 Å². The van der Waals surface area contributed by atoms with Crippen LogP contribution in [0.25, 0.3) is 0 Å². The average Bonchev–Trinajstić information content (AvgIpc) is 2.89. The third-order valence-corrected chi connectivity index (χ3v) is 6.82. The molecule has 0 radical (unpaired) electrons. The van der Waals surface area contributed by atoms with Crippen molar-refractivity contribution < 1.29 is 17.9 Å². The second kappa shape index (κ2) is 9.66. The van der Waals surface area contributed by atoms with Gasteiger partial charge in [-0.1, -0.05) is 11.6 Å². The van der Waals surface area contributed by atoms with Crippen LogP contribution in [-0.2, 0) is 23.9 Å². The number of fused-ring (bicyclic) bond motifs is 1. The molecule has 0 amide bonds. The van der Waals surface area contributed by atoms with Crippen molar-refractivity contribution in [3.63, 3.8) is 0 Å². The first kappa shape index (κ1) is 24.4. The van der Waals surface area contributed by atoms with Crippen molar-refractivity contribution >= 4 is 28.8 Å². The summed E-state index contributed by atoms with van der Waals surface area (Å²) in [5.41, 5.74) is 0.498. The van der Waals surface area contributed by atoms with Gasteiger partial charge in [-0.2, -0.15) is 23.0 Å². The van der Waals surface area contributed by atoms with Crippen LogP contribution in [0.4, 0.5) is 30.4 Å². The average molecular weight is 522 g/mol. The molecule has 1 unspecified atom stereocenters. The molecule has 2 aliphatic rings. The second-order valence-electron chi connectivity index (χ2n) is 8.66. The maximum Gasteiger partial charge on any atom is 0.418 e. The van der Waals surface area contributed by atoms with Crippen LogP contribution < -0.4 is 15.4 Å². The lowest BCUT2D eigenvalue weighted by Crippen LogP contribution is -2.36. The van der Waals surface area contributed by atoms with E-state index in [0.29, 0.717) is 49.7 Å². The van der Waals surface area contributed by atoms with E-state index in [1.807, 2.05) is 4.90 Å². The molecule has 9 nitrogen and oxygen atoms in total. The van der Waals surface area contributed by atoms with Crippen LogP contribution in [-0.4, -0.2) is 44.9 Å². The Hall–Kier alpha value is -3.25. The smallest absolute Gasteiger partial charge is 0.363 e. The molecule has 1 saturated heterocycles.